The summed E-state index contributed by atoms with van der Waals surface area (Å²) in [4.78, 5) is 0. The van der Waals surface area contributed by atoms with Gasteiger partial charge in [0.15, 0.2) is 0 Å². The van der Waals surface area contributed by atoms with Crippen molar-refractivity contribution in [1.29, 1.82) is 0 Å². The fourth-order valence-corrected chi connectivity index (χ4v) is 1.19. The third-order valence-electron chi connectivity index (χ3n) is 2.08. The summed E-state index contributed by atoms with van der Waals surface area (Å²) in [6.07, 6.45) is 3.92. The van der Waals surface area contributed by atoms with Crippen LogP contribution in [0.25, 0.3) is 6.08 Å². The first-order chi connectivity index (χ1) is 6.79. The molecule has 0 aromatic heterocycles. The molecule has 2 nitrogen and oxygen atoms in total. The average molecular weight is 191 g/mol. The topological polar surface area (TPSA) is 35.2 Å². The van der Waals surface area contributed by atoms with Gasteiger partial charge < -0.3 is 10.5 Å². The third-order valence-corrected chi connectivity index (χ3v) is 2.08. The molecule has 0 spiro atoms. The zero-order valence-corrected chi connectivity index (χ0v) is 8.62. The highest BCUT2D eigenvalue weighted by Crippen LogP contribution is 2.25. The smallest absolute Gasteiger partial charge is 0.142 e. The van der Waals surface area contributed by atoms with E-state index in [9.17, 15) is 0 Å². The lowest BCUT2D eigenvalue weighted by Crippen LogP contribution is -2.00. The van der Waals surface area contributed by atoms with Crippen LogP contribution in [0.15, 0.2) is 24.8 Å². The van der Waals surface area contributed by atoms with Crippen LogP contribution in [0.1, 0.15) is 25.3 Å². The van der Waals surface area contributed by atoms with E-state index in [-0.39, 0.29) is 0 Å². The van der Waals surface area contributed by atoms with Gasteiger partial charge in [0.05, 0.1) is 12.3 Å². The van der Waals surface area contributed by atoms with Crippen molar-refractivity contribution in [2.24, 2.45) is 0 Å². The summed E-state index contributed by atoms with van der Waals surface area (Å²) in [5.74, 6) is 0.760. The Hall–Kier alpha value is -1.44. The molecule has 1 aromatic carbocycles. The van der Waals surface area contributed by atoms with Crippen molar-refractivity contribution in [3.05, 3.63) is 30.3 Å². The van der Waals surface area contributed by atoms with Crippen LogP contribution in [0, 0.1) is 0 Å². The largest absolute Gasteiger partial charge is 0.491 e. The Bertz CT molecular complexity index is 307. The van der Waals surface area contributed by atoms with Gasteiger partial charge in [-0.15, -0.1) is 0 Å². The molecule has 0 bridgehead atoms. The molecule has 0 fully saturated rings. The summed E-state index contributed by atoms with van der Waals surface area (Å²) < 4.78 is 5.55. The summed E-state index contributed by atoms with van der Waals surface area (Å²) in [5.41, 5.74) is 7.49. The minimum absolute atomic E-state index is 0.679. The second-order valence-electron chi connectivity index (χ2n) is 3.17. The summed E-state index contributed by atoms with van der Waals surface area (Å²) in [7, 11) is 0. The minimum Gasteiger partial charge on any atom is -0.491 e. The molecule has 0 saturated carbocycles. The van der Waals surface area contributed by atoms with Crippen molar-refractivity contribution in [2.45, 2.75) is 19.8 Å². The molecule has 0 unspecified atom stereocenters. The molecule has 0 radical (unpaired) electrons. The number of rotatable bonds is 5. The zero-order chi connectivity index (χ0) is 10.4. The van der Waals surface area contributed by atoms with Crippen LogP contribution in [0.3, 0.4) is 0 Å². The number of benzene rings is 1. The number of para-hydroxylation sites is 1. The van der Waals surface area contributed by atoms with Gasteiger partial charge in [0.2, 0.25) is 0 Å². The van der Waals surface area contributed by atoms with E-state index in [1.165, 1.54) is 0 Å². The molecule has 2 heteroatoms. The normalized spacial score (nSPS) is 9.79. The molecule has 1 aromatic rings. The Balaban J connectivity index is 2.71. The van der Waals surface area contributed by atoms with Crippen molar-refractivity contribution in [3.63, 3.8) is 0 Å². The standard InChI is InChI=1S/C12H17NO/c1-3-5-9-14-11-8-6-7-10(4-2)12(11)13/h4,6-8H,2-3,5,9,13H2,1H3. The van der Waals surface area contributed by atoms with Crippen molar-refractivity contribution in [2.75, 3.05) is 12.3 Å². The fraction of sp³-hybridized carbons (Fsp3) is 0.333. The van der Waals surface area contributed by atoms with Crippen molar-refractivity contribution >= 4 is 11.8 Å². The lowest BCUT2D eigenvalue weighted by atomic mass is 10.1. The van der Waals surface area contributed by atoms with Gasteiger partial charge in [-0.25, -0.2) is 0 Å². The molecule has 0 aliphatic rings. The van der Waals surface area contributed by atoms with Gasteiger partial charge in [-0.05, 0) is 12.5 Å². The van der Waals surface area contributed by atoms with E-state index in [1.807, 2.05) is 18.2 Å². The second-order valence-corrected chi connectivity index (χ2v) is 3.17. The van der Waals surface area contributed by atoms with Crippen LogP contribution in [-0.4, -0.2) is 6.61 Å². The summed E-state index contributed by atoms with van der Waals surface area (Å²) in [6.45, 7) is 6.55. The average Bonchev–Trinajstić information content (AvgIpc) is 2.21. The number of nitrogen functional groups attached to an aromatic ring is 1. The third kappa shape index (κ3) is 2.52. The molecule has 0 aliphatic heterocycles. The molecule has 0 aliphatic carbocycles. The molecule has 0 saturated heterocycles. The Morgan fingerprint density at radius 3 is 2.93 bits per heavy atom. The number of ether oxygens (including phenoxy) is 1. The Kier molecular flexibility index (Phi) is 4.05. The van der Waals surface area contributed by atoms with Crippen LogP contribution in [0.4, 0.5) is 5.69 Å². The van der Waals surface area contributed by atoms with E-state index in [0.717, 1.165) is 30.8 Å². The minimum atomic E-state index is 0.679. The molecule has 1 rings (SSSR count). The predicted octanol–water partition coefficient (Wildman–Crippen LogP) is 3.09. The Morgan fingerprint density at radius 2 is 2.29 bits per heavy atom. The molecule has 2 N–H and O–H groups in total. The van der Waals surface area contributed by atoms with Crippen molar-refractivity contribution in [1.82, 2.24) is 0 Å². The summed E-state index contributed by atoms with van der Waals surface area (Å²) in [6, 6.07) is 5.74. The first-order valence-corrected chi connectivity index (χ1v) is 4.93. The second kappa shape index (κ2) is 5.32. The van der Waals surface area contributed by atoms with Gasteiger partial charge in [-0.2, -0.15) is 0 Å². The zero-order valence-electron chi connectivity index (χ0n) is 8.62. The van der Waals surface area contributed by atoms with Crippen LogP contribution in [0.2, 0.25) is 0 Å². The lowest BCUT2D eigenvalue weighted by molar-refractivity contribution is 0.311. The number of unbranched alkanes of at least 4 members (excludes halogenated alkanes) is 1. The highest BCUT2D eigenvalue weighted by molar-refractivity contribution is 5.69. The van der Waals surface area contributed by atoms with Gasteiger partial charge in [0.25, 0.3) is 0 Å². The van der Waals surface area contributed by atoms with E-state index in [0.29, 0.717) is 5.69 Å². The predicted molar refractivity (Wildman–Crippen MR) is 61.3 cm³/mol. The van der Waals surface area contributed by atoms with E-state index < -0.39 is 0 Å². The molecule has 0 amide bonds. The highest BCUT2D eigenvalue weighted by atomic mass is 16.5. The first kappa shape index (κ1) is 10.6. The van der Waals surface area contributed by atoms with E-state index >= 15 is 0 Å². The summed E-state index contributed by atoms with van der Waals surface area (Å²) in [5, 5.41) is 0. The SMILES string of the molecule is C=Cc1cccc(OCCCC)c1N. The van der Waals surface area contributed by atoms with E-state index in [1.54, 1.807) is 6.08 Å². The first-order valence-electron chi connectivity index (χ1n) is 4.93. The number of nitrogens with two attached hydrogens (primary N) is 1. The highest BCUT2D eigenvalue weighted by Gasteiger charge is 2.02. The summed E-state index contributed by atoms with van der Waals surface area (Å²) >= 11 is 0. The van der Waals surface area contributed by atoms with E-state index in [4.69, 9.17) is 10.5 Å². The maximum atomic E-state index is 5.88. The maximum absolute atomic E-state index is 5.88. The number of hydrogen-bond donors (Lipinski definition) is 1. The van der Waals surface area contributed by atoms with Gasteiger partial charge in [0.1, 0.15) is 5.75 Å². The van der Waals surface area contributed by atoms with Crippen LogP contribution in [-0.2, 0) is 0 Å². The van der Waals surface area contributed by atoms with Crippen molar-refractivity contribution in [3.8, 4) is 5.75 Å². The fourth-order valence-electron chi connectivity index (χ4n) is 1.19. The molecule has 14 heavy (non-hydrogen) atoms. The van der Waals surface area contributed by atoms with Gasteiger partial charge in [-0.3, -0.25) is 0 Å². The van der Waals surface area contributed by atoms with Gasteiger partial charge in [-0.1, -0.05) is 38.1 Å². The molecule has 0 heterocycles. The monoisotopic (exact) mass is 191 g/mol. The van der Waals surface area contributed by atoms with Crippen LogP contribution < -0.4 is 10.5 Å². The lowest BCUT2D eigenvalue weighted by Gasteiger charge is -2.09. The Labute approximate surface area is 85.4 Å². The molecule has 0 atom stereocenters. The number of anilines is 1. The molecular formula is C12H17NO. The van der Waals surface area contributed by atoms with Crippen LogP contribution >= 0.6 is 0 Å². The van der Waals surface area contributed by atoms with E-state index in [2.05, 4.69) is 13.5 Å². The van der Waals surface area contributed by atoms with Crippen molar-refractivity contribution < 1.29 is 4.74 Å². The number of hydrogen-bond acceptors (Lipinski definition) is 2. The maximum Gasteiger partial charge on any atom is 0.142 e. The van der Waals surface area contributed by atoms with Crippen LogP contribution in [0.5, 0.6) is 5.75 Å². The van der Waals surface area contributed by atoms with Gasteiger partial charge in [0, 0.05) is 5.56 Å². The Morgan fingerprint density at radius 1 is 1.50 bits per heavy atom. The quantitative estimate of drug-likeness (QED) is 0.573. The van der Waals surface area contributed by atoms with Gasteiger partial charge >= 0.3 is 0 Å². The molecular weight excluding hydrogens is 174 g/mol. The molecule has 76 valence electrons.